The van der Waals surface area contributed by atoms with Crippen LogP contribution < -0.4 is 5.32 Å². The molecule has 2 aliphatic rings. The number of rotatable bonds is 6. The van der Waals surface area contributed by atoms with E-state index in [9.17, 15) is 14.4 Å². The first-order valence-corrected chi connectivity index (χ1v) is 10.0. The molecule has 2 aliphatic heterocycles. The minimum Gasteiger partial charge on any atom is -0.455 e. The number of halogens is 1. The van der Waals surface area contributed by atoms with Gasteiger partial charge in [0.15, 0.2) is 6.61 Å². The lowest BCUT2D eigenvalue weighted by Crippen LogP contribution is -2.41. The molecule has 1 atom stereocenters. The summed E-state index contributed by atoms with van der Waals surface area (Å²) in [6, 6.07) is 6.76. The summed E-state index contributed by atoms with van der Waals surface area (Å²) in [6.45, 7) is 1.85. The molecule has 1 aromatic rings. The third-order valence-electron chi connectivity index (χ3n) is 5.10. The number of ether oxygens (including phenoxy) is 2. The molecule has 0 aromatic heterocycles. The molecule has 2 fully saturated rings. The maximum atomic E-state index is 12.5. The number of likely N-dealkylation sites (tertiary alicyclic amines) is 1. The molecule has 0 saturated carbocycles. The SMILES string of the molecule is O=C(COC(=O)C1CCN(C(=O)c2ccc(Cl)cc2)CC1)NC[C@@H]1CCCO1. The fourth-order valence-corrected chi connectivity index (χ4v) is 3.56. The van der Waals surface area contributed by atoms with E-state index < -0.39 is 0 Å². The van der Waals surface area contributed by atoms with E-state index in [1.807, 2.05) is 0 Å². The number of hydrogen-bond acceptors (Lipinski definition) is 5. The lowest BCUT2D eigenvalue weighted by atomic mass is 9.96. The summed E-state index contributed by atoms with van der Waals surface area (Å²) in [5, 5.41) is 3.30. The van der Waals surface area contributed by atoms with Crippen LogP contribution in [-0.2, 0) is 19.1 Å². The summed E-state index contributed by atoms with van der Waals surface area (Å²) < 4.78 is 10.6. The Labute approximate surface area is 169 Å². The second kappa shape index (κ2) is 9.89. The van der Waals surface area contributed by atoms with E-state index in [-0.39, 0.29) is 36.4 Å². The van der Waals surface area contributed by atoms with E-state index >= 15 is 0 Å². The molecule has 7 nitrogen and oxygen atoms in total. The first-order valence-electron chi connectivity index (χ1n) is 9.62. The monoisotopic (exact) mass is 408 g/mol. The molecule has 2 saturated heterocycles. The van der Waals surface area contributed by atoms with Crippen LogP contribution in [0.2, 0.25) is 5.02 Å². The normalized spacial score (nSPS) is 20.0. The zero-order chi connectivity index (χ0) is 19.9. The number of carbonyl (C=O) groups is 3. The van der Waals surface area contributed by atoms with Crippen molar-refractivity contribution in [3.63, 3.8) is 0 Å². The maximum Gasteiger partial charge on any atom is 0.309 e. The second-order valence-electron chi connectivity index (χ2n) is 7.12. The fourth-order valence-electron chi connectivity index (χ4n) is 3.43. The van der Waals surface area contributed by atoms with Crippen molar-refractivity contribution < 1.29 is 23.9 Å². The number of benzene rings is 1. The third-order valence-corrected chi connectivity index (χ3v) is 5.36. The third kappa shape index (κ3) is 5.69. The van der Waals surface area contributed by atoms with E-state index in [1.54, 1.807) is 29.2 Å². The molecular weight excluding hydrogens is 384 g/mol. The molecular formula is C20H25ClN2O5. The highest BCUT2D eigenvalue weighted by Gasteiger charge is 2.29. The molecule has 2 amide bonds. The van der Waals surface area contributed by atoms with Crippen molar-refractivity contribution in [1.82, 2.24) is 10.2 Å². The van der Waals surface area contributed by atoms with Crippen molar-refractivity contribution in [2.75, 3.05) is 32.8 Å². The summed E-state index contributed by atoms with van der Waals surface area (Å²) in [7, 11) is 0. The van der Waals surface area contributed by atoms with Crippen molar-refractivity contribution >= 4 is 29.4 Å². The number of piperidine rings is 1. The van der Waals surface area contributed by atoms with Crippen molar-refractivity contribution in [3.05, 3.63) is 34.9 Å². The summed E-state index contributed by atoms with van der Waals surface area (Å²) in [5.41, 5.74) is 0.577. The molecule has 1 N–H and O–H groups in total. The second-order valence-corrected chi connectivity index (χ2v) is 7.56. The summed E-state index contributed by atoms with van der Waals surface area (Å²) >= 11 is 5.85. The maximum absolute atomic E-state index is 12.5. The van der Waals surface area contributed by atoms with Crippen LogP contribution in [0.4, 0.5) is 0 Å². The summed E-state index contributed by atoms with van der Waals surface area (Å²) in [6.07, 6.45) is 3.05. The van der Waals surface area contributed by atoms with Crippen molar-refractivity contribution in [3.8, 4) is 0 Å². The zero-order valence-corrected chi connectivity index (χ0v) is 16.5. The molecule has 8 heteroatoms. The van der Waals surface area contributed by atoms with Gasteiger partial charge in [0.1, 0.15) is 0 Å². The van der Waals surface area contributed by atoms with Crippen LogP contribution in [0.3, 0.4) is 0 Å². The topological polar surface area (TPSA) is 84.9 Å². The van der Waals surface area contributed by atoms with Gasteiger partial charge >= 0.3 is 5.97 Å². The van der Waals surface area contributed by atoms with Gasteiger partial charge in [-0.05, 0) is 49.9 Å². The number of nitrogens with zero attached hydrogens (tertiary/aromatic N) is 1. The molecule has 0 aliphatic carbocycles. The number of hydrogen-bond donors (Lipinski definition) is 1. The van der Waals surface area contributed by atoms with Gasteiger partial charge in [0.05, 0.1) is 12.0 Å². The van der Waals surface area contributed by atoms with Crippen LogP contribution in [0.5, 0.6) is 0 Å². The molecule has 3 rings (SSSR count). The van der Waals surface area contributed by atoms with Crippen LogP contribution >= 0.6 is 11.6 Å². The predicted octanol–water partition coefficient (Wildman–Crippen LogP) is 2.03. The van der Waals surface area contributed by atoms with E-state index in [4.69, 9.17) is 21.1 Å². The molecule has 0 unspecified atom stereocenters. The van der Waals surface area contributed by atoms with E-state index in [0.717, 1.165) is 19.4 Å². The summed E-state index contributed by atoms with van der Waals surface area (Å²) in [4.78, 5) is 38.2. The Balaban J connectivity index is 1.36. The Bertz CT molecular complexity index is 695. The van der Waals surface area contributed by atoms with Gasteiger partial charge in [-0.1, -0.05) is 11.6 Å². The van der Waals surface area contributed by atoms with Gasteiger partial charge in [-0.15, -0.1) is 0 Å². The Kier molecular flexibility index (Phi) is 7.28. The summed E-state index contributed by atoms with van der Waals surface area (Å²) in [5.74, 6) is -1.07. The first kappa shape index (κ1) is 20.6. The Morgan fingerprint density at radius 2 is 1.86 bits per heavy atom. The van der Waals surface area contributed by atoms with Gasteiger partial charge in [0.25, 0.3) is 11.8 Å². The minimum absolute atomic E-state index is 0.0576. The van der Waals surface area contributed by atoms with Gasteiger partial charge in [0, 0.05) is 36.8 Å². The lowest BCUT2D eigenvalue weighted by molar-refractivity contribution is -0.154. The first-order chi connectivity index (χ1) is 13.5. The van der Waals surface area contributed by atoms with Gasteiger partial charge in [-0.2, -0.15) is 0 Å². The average molecular weight is 409 g/mol. The molecule has 2 heterocycles. The smallest absolute Gasteiger partial charge is 0.309 e. The van der Waals surface area contributed by atoms with Gasteiger partial charge < -0.3 is 19.7 Å². The van der Waals surface area contributed by atoms with Crippen LogP contribution in [0, 0.1) is 5.92 Å². The highest BCUT2D eigenvalue weighted by molar-refractivity contribution is 6.30. The predicted molar refractivity (Wildman–Crippen MR) is 103 cm³/mol. The number of esters is 1. The van der Waals surface area contributed by atoms with Crippen LogP contribution in [0.25, 0.3) is 0 Å². The van der Waals surface area contributed by atoms with E-state index in [2.05, 4.69) is 5.32 Å². The van der Waals surface area contributed by atoms with Gasteiger partial charge in [-0.3, -0.25) is 14.4 Å². The largest absolute Gasteiger partial charge is 0.455 e. The van der Waals surface area contributed by atoms with Crippen LogP contribution in [-0.4, -0.2) is 61.6 Å². The molecule has 152 valence electrons. The molecule has 0 bridgehead atoms. The van der Waals surface area contributed by atoms with Crippen LogP contribution in [0.1, 0.15) is 36.0 Å². The molecule has 1 aromatic carbocycles. The van der Waals surface area contributed by atoms with Crippen molar-refractivity contribution in [2.24, 2.45) is 5.92 Å². The van der Waals surface area contributed by atoms with Gasteiger partial charge in [0.2, 0.25) is 0 Å². The highest BCUT2D eigenvalue weighted by Crippen LogP contribution is 2.21. The molecule has 0 radical (unpaired) electrons. The lowest BCUT2D eigenvalue weighted by Gasteiger charge is -2.31. The number of amides is 2. The minimum atomic E-state index is -0.383. The molecule has 0 spiro atoms. The van der Waals surface area contributed by atoms with Gasteiger partial charge in [-0.25, -0.2) is 0 Å². The van der Waals surface area contributed by atoms with Crippen molar-refractivity contribution in [1.29, 1.82) is 0 Å². The number of carbonyl (C=O) groups excluding carboxylic acids is 3. The Morgan fingerprint density at radius 3 is 2.50 bits per heavy atom. The quantitative estimate of drug-likeness (QED) is 0.728. The van der Waals surface area contributed by atoms with Crippen molar-refractivity contribution in [2.45, 2.75) is 31.8 Å². The number of nitrogens with one attached hydrogen (secondary N) is 1. The van der Waals surface area contributed by atoms with E-state index in [1.165, 1.54) is 0 Å². The Morgan fingerprint density at radius 1 is 1.14 bits per heavy atom. The zero-order valence-electron chi connectivity index (χ0n) is 15.7. The fraction of sp³-hybridized carbons (Fsp3) is 0.550. The molecule has 28 heavy (non-hydrogen) atoms. The Hall–Kier alpha value is -2.12. The highest BCUT2D eigenvalue weighted by atomic mass is 35.5. The average Bonchev–Trinajstić information content (AvgIpc) is 3.24. The van der Waals surface area contributed by atoms with Crippen LogP contribution in [0.15, 0.2) is 24.3 Å². The van der Waals surface area contributed by atoms with E-state index in [0.29, 0.717) is 43.1 Å². The standard InChI is InChI=1S/C20H25ClN2O5/c21-16-5-3-14(4-6-16)19(25)23-9-7-15(8-10-23)20(26)28-13-18(24)22-12-17-2-1-11-27-17/h3-6,15,17H,1-2,7-13H2,(H,22,24)/t17-/m0/s1.